The van der Waals surface area contributed by atoms with Gasteiger partial charge in [0.15, 0.2) is 0 Å². The zero-order valence-electron chi connectivity index (χ0n) is 31.9. The third-order valence-electron chi connectivity index (χ3n) is 11.9. The summed E-state index contributed by atoms with van der Waals surface area (Å²) in [6.45, 7) is 4.29. The molecule has 3 fully saturated rings. The minimum absolute atomic E-state index is 0.00415. The molecule has 6 heterocycles. The van der Waals surface area contributed by atoms with E-state index in [1.807, 2.05) is 11.1 Å². The van der Waals surface area contributed by atoms with Crippen LogP contribution < -0.4 is 5.32 Å². The second-order valence-electron chi connectivity index (χ2n) is 15.5. The summed E-state index contributed by atoms with van der Waals surface area (Å²) in [5, 5.41) is 2.75. The van der Waals surface area contributed by atoms with E-state index in [-0.39, 0.29) is 29.8 Å². The van der Waals surface area contributed by atoms with Gasteiger partial charge in [0.2, 0.25) is 11.8 Å². The van der Waals surface area contributed by atoms with Crippen molar-refractivity contribution in [2.45, 2.75) is 82.5 Å². The molecule has 13 nitrogen and oxygen atoms in total. The van der Waals surface area contributed by atoms with Crippen LogP contribution in [0.2, 0.25) is 0 Å². The summed E-state index contributed by atoms with van der Waals surface area (Å²) < 4.78 is 10.9. The van der Waals surface area contributed by atoms with Crippen LogP contribution in [0, 0.1) is 5.92 Å². The Morgan fingerprint density at radius 3 is 2.24 bits per heavy atom. The zero-order valence-corrected chi connectivity index (χ0v) is 31.9. The SMILES string of the molecule is COC(=O)N[C@H]1CCCCOCc2[nH]c(nc2-c2ccc(-c3ccc(-c4cnc([C@@H]5CCCN5C(=O)C5CCN(C)CC5)[nH]4)cc3)cc2)[C@@H]2CCCN2C1=O. The molecular weight excluding hydrogens is 697 g/mol. The number of hydrogen-bond acceptors (Lipinski definition) is 8. The van der Waals surface area contributed by atoms with Gasteiger partial charge < -0.3 is 39.5 Å². The molecule has 0 saturated carbocycles. The van der Waals surface area contributed by atoms with Crippen LogP contribution in [0.25, 0.3) is 33.6 Å². The first-order chi connectivity index (χ1) is 26.9. The number of fused-ring (bicyclic) bond motifs is 4. The molecule has 8 rings (SSSR count). The number of aromatic nitrogens is 4. The topological polar surface area (TPSA) is 149 Å². The molecule has 3 N–H and O–H groups in total. The molecule has 2 bridgehead atoms. The maximum absolute atomic E-state index is 13.7. The number of benzene rings is 2. The highest BCUT2D eigenvalue weighted by molar-refractivity contribution is 5.86. The average Bonchev–Trinajstić information content (AvgIpc) is 4.05. The monoisotopic (exact) mass is 748 g/mol. The molecule has 0 radical (unpaired) electrons. The molecule has 2 aromatic carbocycles. The smallest absolute Gasteiger partial charge is 0.407 e. The number of rotatable bonds is 6. The Kier molecular flexibility index (Phi) is 11.0. The number of H-pyrrole nitrogens is 2. The molecule has 3 amide bonds. The van der Waals surface area contributed by atoms with Gasteiger partial charge in [0.05, 0.1) is 49.1 Å². The van der Waals surface area contributed by atoms with Gasteiger partial charge in [-0.15, -0.1) is 0 Å². The van der Waals surface area contributed by atoms with E-state index < -0.39 is 12.1 Å². The average molecular weight is 749 g/mol. The number of carbonyl (C=O) groups excluding carboxylic acids is 3. The van der Waals surface area contributed by atoms with Gasteiger partial charge in [0.25, 0.3) is 0 Å². The maximum atomic E-state index is 13.7. The molecule has 290 valence electrons. The third kappa shape index (κ3) is 7.90. The minimum Gasteiger partial charge on any atom is -0.453 e. The molecule has 2 aromatic heterocycles. The summed E-state index contributed by atoms with van der Waals surface area (Å²) in [5.41, 5.74) is 6.85. The van der Waals surface area contributed by atoms with Gasteiger partial charge in [-0.1, -0.05) is 48.5 Å². The predicted molar refractivity (Wildman–Crippen MR) is 207 cm³/mol. The van der Waals surface area contributed by atoms with Gasteiger partial charge in [-0.05, 0) is 94.6 Å². The molecule has 4 aromatic rings. The van der Waals surface area contributed by atoms with E-state index in [0.29, 0.717) is 26.2 Å². The lowest BCUT2D eigenvalue weighted by Crippen LogP contribution is -2.48. The van der Waals surface area contributed by atoms with Crippen molar-refractivity contribution in [1.82, 2.24) is 40.0 Å². The molecule has 0 unspecified atom stereocenters. The van der Waals surface area contributed by atoms with Crippen molar-refractivity contribution in [1.29, 1.82) is 0 Å². The number of aromatic amines is 2. The Bertz CT molecular complexity index is 1970. The van der Waals surface area contributed by atoms with E-state index in [0.717, 1.165) is 122 Å². The third-order valence-corrected chi connectivity index (χ3v) is 11.9. The lowest BCUT2D eigenvalue weighted by molar-refractivity contribution is -0.138. The van der Waals surface area contributed by atoms with Crippen LogP contribution in [0.3, 0.4) is 0 Å². The fraction of sp³-hybridized carbons (Fsp3) is 0.500. The van der Waals surface area contributed by atoms with Crippen molar-refractivity contribution in [3.8, 4) is 33.6 Å². The summed E-state index contributed by atoms with van der Waals surface area (Å²) in [6.07, 6.45) is 8.75. The van der Waals surface area contributed by atoms with Crippen molar-refractivity contribution in [3.05, 3.63) is 72.1 Å². The van der Waals surface area contributed by atoms with Gasteiger partial charge >= 0.3 is 6.09 Å². The fourth-order valence-corrected chi connectivity index (χ4v) is 8.75. The van der Waals surface area contributed by atoms with Crippen LogP contribution in [-0.4, -0.2) is 106 Å². The quantitative estimate of drug-likeness (QED) is 0.210. The first kappa shape index (κ1) is 36.9. The number of ether oxygens (including phenoxy) is 2. The predicted octanol–water partition coefficient (Wildman–Crippen LogP) is 6.23. The lowest BCUT2D eigenvalue weighted by atomic mass is 9.95. The molecule has 13 heteroatoms. The number of hydrogen-bond donors (Lipinski definition) is 3. The fourth-order valence-electron chi connectivity index (χ4n) is 8.75. The van der Waals surface area contributed by atoms with Crippen molar-refractivity contribution >= 4 is 17.9 Å². The lowest BCUT2D eigenvalue weighted by Gasteiger charge is -2.32. The van der Waals surface area contributed by atoms with E-state index in [2.05, 4.69) is 80.7 Å². The zero-order chi connectivity index (χ0) is 37.9. The van der Waals surface area contributed by atoms with Crippen LogP contribution in [0.15, 0.2) is 54.7 Å². The van der Waals surface area contributed by atoms with E-state index in [9.17, 15) is 14.4 Å². The van der Waals surface area contributed by atoms with Crippen LogP contribution in [-0.2, 0) is 25.7 Å². The number of methoxy groups -OCH3 is 1. The second-order valence-corrected chi connectivity index (χ2v) is 15.5. The number of carbonyl (C=O) groups is 3. The number of nitrogens with zero attached hydrogens (tertiary/aromatic N) is 5. The Morgan fingerprint density at radius 1 is 0.800 bits per heavy atom. The molecule has 55 heavy (non-hydrogen) atoms. The second kappa shape index (κ2) is 16.4. The normalized spacial score (nSPS) is 22.8. The van der Waals surface area contributed by atoms with Gasteiger partial charge in [0, 0.05) is 31.2 Å². The van der Waals surface area contributed by atoms with Crippen molar-refractivity contribution in [2.24, 2.45) is 5.92 Å². The highest BCUT2D eigenvalue weighted by Crippen LogP contribution is 2.37. The molecular formula is C42H52N8O5. The van der Waals surface area contributed by atoms with Gasteiger partial charge in [-0.2, -0.15) is 0 Å². The van der Waals surface area contributed by atoms with Crippen molar-refractivity contribution in [3.63, 3.8) is 0 Å². The number of alkyl carbamates (subject to hydrolysis) is 1. The highest BCUT2D eigenvalue weighted by Gasteiger charge is 2.38. The Hall–Kier alpha value is -5.01. The first-order valence-corrected chi connectivity index (χ1v) is 19.9. The molecule has 3 atom stereocenters. The number of nitrogens with one attached hydrogen (secondary N) is 3. The standard InChI is InChI=1S/C42H52N8O5/c1-48-22-18-31(19-23-48)40(51)49-20-5-8-35(49)38-43-25-33(44-38)29-14-10-27(11-15-29)28-12-16-30(17-13-28)37-34-26-55-24-4-3-7-32(46-42(53)54-2)41(52)50-21-6-9-36(50)39(45-34)47-37/h10-17,25,31-32,35-36H,3-9,18-24,26H2,1-2H3,(H,43,44)(H,45,47)(H,46,53)/t32-,35-,36-/m0/s1. The van der Waals surface area contributed by atoms with E-state index >= 15 is 0 Å². The van der Waals surface area contributed by atoms with Crippen LogP contribution in [0.1, 0.15) is 87.2 Å². The largest absolute Gasteiger partial charge is 0.453 e. The molecule has 0 aliphatic carbocycles. The summed E-state index contributed by atoms with van der Waals surface area (Å²) in [5.74, 6) is 1.90. The van der Waals surface area contributed by atoms with Crippen LogP contribution >= 0.6 is 0 Å². The summed E-state index contributed by atoms with van der Waals surface area (Å²) in [4.78, 5) is 62.4. The highest BCUT2D eigenvalue weighted by atomic mass is 16.5. The number of imidazole rings is 2. The van der Waals surface area contributed by atoms with Crippen LogP contribution in [0.4, 0.5) is 4.79 Å². The molecule has 3 saturated heterocycles. The van der Waals surface area contributed by atoms with E-state index in [4.69, 9.17) is 19.4 Å². The molecule has 0 spiro atoms. The van der Waals surface area contributed by atoms with Gasteiger partial charge in [0.1, 0.15) is 17.7 Å². The molecule has 4 aliphatic rings. The van der Waals surface area contributed by atoms with Crippen molar-refractivity contribution < 1.29 is 23.9 Å². The Balaban J connectivity index is 0.964. The minimum atomic E-state index is -0.658. The summed E-state index contributed by atoms with van der Waals surface area (Å²) in [6, 6.07) is 16.0. The van der Waals surface area contributed by atoms with E-state index in [1.54, 1.807) is 0 Å². The number of likely N-dealkylation sites (tertiary alicyclic amines) is 2. The van der Waals surface area contributed by atoms with E-state index in [1.165, 1.54) is 7.11 Å². The van der Waals surface area contributed by atoms with Crippen LogP contribution in [0.5, 0.6) is 0 Å². The maximum Gasteiger partial charge on any atom is 0.407 e. The van der Waals surface area contributed by atoms with Gasteiger partial charge in [-0.3, -0.25) is 9.59 Å². The van der Waals surface area contributed by atoms with Gasteiger partial charge in [-0.25, -0.2) is 14.8 Å². The van der Waals surface area contributed by atoms with Crippen molar-refractivity contribution in [2.75, 3.05) is 46.9 Å². The number of piperidine rings is 1. The summed E-state index contributed by atoms with van der Waals surface area (Å²) >= 11 is 0. The number of amides is 3. The first-order valence-electron chi connectivity index (χ1n) is 19.9. The molecule has 4 aliphatic heterocycles. The Morgan fingerprint density at radius 2 is 1.49 bits per heavy atom. The Labute approximate surface area is 322 Å². The summed E-state index contributed by atoms with van der Waals surface area (Å²) in [7, 11) is 3.44.